The van der Waals surface area contributed by atoms with Crippen molar-refractivity contribution in [1.29, 1.82) is 0 Å². The number of rotatable bonds is 4. The molecule has 6 heteroatoms. The molecule has 2 atom stereocenters. The molecule has 116 valence electrons. The molecule has 1 aromatic heterocycles. The van der Waals surface area contributed by atoms with Gasteiger partial charge < -0.3 is 15.0 Å². The van der Waals surface area contributed by atoms with Gasteiger partial charge in [0.25, 0.3) is 5.91 Å². The van der Waals surface area contributed by atoms with E-state index in [2.05, 4.69) is 10.4 Å². The fourth-order valence-corrected chi connectivity index (χ4v) is 3.09. The third kappa shape index (κ3) is 3.44. The predicted octanol–water partition coefficient (Wildman–Crippen LogP) is 1.06. The fourth-order valence-electron chi connectivity index (χ4n) is 3.09. The summed E-state index contributed by atoms with van der Waals surface area (Å²) in [6, 6.07) is 2.19. The van der Waals surface area contributed by atoms with E-state index in [0.717, 1.165) is 45.4 Å². The van der Waals surface area contributed by atoms with Gasteiger partial charge >= 0.3 is 0 Å². The number of nitrogens with zero attached hydrogens (tertiary/aromatic N) is 3. The molecule has 0 bridgehead atoms. The van der Waals surface area contributed by atoms with Gasteiger partial charge in [-0.05, 0) is 38.3 Å². The van der Waals surface area contributed by atoms with Gasteiger partial charge in [0.2, 0.25) is 0 Å². The first-order valence-electron chi connectivity index (χ1n) is 7.87. The van der Waals surface area contributed by atoms with Crippen LogP contribution in [-0.2, 0) is 4.74 Å². The van der Waals surface area contributed by atoms with Crippen molar-refractivity contribution < 1.29 is 9.53 Å². The summed E-state index contributed by atoms with van der Waals surface area (Å²) in [4.78, 5) is 14.1. The summed E-state index contributed by atoms with van der Waals surface area (Å²) < 4.78 is 7.51. The van der Waals surface area contributed by atoms with E-state index in [1.807, 2.05) is 24.0 Å². The Hall–Kier alpha value is -1.40. The number of likely N-dealkylation sites (N-methyl/N-ethyl adjacent to an activating group) is 1. The lowest BCUT2D eigenvalue weighted by Gasteiger charge is -2.23. The van der Waals surface area contributed by atoms with E-state index in [1.165, 1.54) is 0 Å². The molecule has 2 fully saturated rings. The number of piperidine rings is 1. The van der Waals surface area contributed by atoms with E-state index in [4.69, 9.17) is 4.74 Å². The van der Waals surface area contributed by atoms with E-state index < -0.39 is 0 Å². The van der Waals surface area contributed by atoms with E-state index in [-0.39, 0.29) is 12.0 Å². The van der Waals surface area contributed by atoms with Gasteiger partial charge in [-0.15, -0.1) is 0 Å². The highest BCUT2D eigenvalue weighted by Gasteiger charge is 2.23. The number of aromatic nitrogens is 2. The Morgan fingerprint density at radius 3 is 3.14 bits per heavy atom. The molecule has 6 nitrogen and oxygen atoms in total. The molecule has 2 aliphatic heterocycles. The summed E-state index contributed by atoms with van der Waals surface area (Å²) in [7, 11) is 1.82. The van der Waals surface area contributed by atoms with Crippen molar-refractivity contribution in [2.24, 2.45) is 0 Å². The maximum absolute atomic E-state index is 12.4. The van der Waals surface area contributed by atoms with Gasteiger partial charge in [-0.2, -0.15) is 5.10 Å². The van der Waals surface area contributed by atoms with Crippen LogP contribution in [0.4, 0.5) is 0 Å². The van der Waals surface area contributed by atoms with Crippen molar-refractivity contribution in [1.82, 2.24) is 20.0 Å². The Kier molecular flexibility index (Phi) is 4.55. The van der Waals surface area contributed by atoms with Gasteiger partial charge in [0.15, 0.2) is 0 Å². The largest absolute Gasteiger partial charge is 0.376 e. The normalized spacial score (nSPS) is 26.0. The number of amides is 1. The second kappa shape index (κ2) is 6.58. The van der Waals surface area contributed by atoms with Gasteiger partial charge in [0, 0.05) is 32.9 Å². The maximum atomic E-state index is 12.4. The SMILES string of the molecule is CN(C[C@@H]1CCCO1)C(=O)c1ccn([C@H]2CCCNC2)n1. The maximum Gasteiger partial charge on any atom is 0.274 e. The third-order valence-corrected chi connectivity index (χ3v) is 4.32. The molecule has 0 spiro atoms. The summed E-state index contributed by atoms with van der Waals surface area (Å²) in [5.41, 5.74) is 0.529. The second-order valence-electron chi connectivity index (χ2n) is 6.00. The fraction of sp³-hybridized carbons (Fsp3) is 0.733. The van der Waals surface area contributed by atoms with Crippen LogP contribution in [-0.4, -0.2) is 60.0 Å². The van der Waals surface area contributed by atoms with Crippen LogP contribution >= 0.6 is 0 Å². The lowest BCUT2D eigenvalue weighted by Crippen LogP contribution is -2.35. The third-order valence-electron chi connectivity index (χ3n) is 4.32. The van der Waals surface area contributed by atoms with Gasteiger partial charge in [0.1, 0.15) is 5.69 Å². The van der Waals surface area contributed by atoms with Crippen molar-refractivity contribution in [2.75, 3.05) is 33.3 Å². The minimum absolute atomic E-state index is 0.0204. The number of carbonyl (C=O) groups is 1. The van der Waals surface area contributed by atoms with E-state index in [1.54, 1.807) is 4.90 Å². The first kappa shape index (κ1) is 14.5. The molecule has 0 saturated carbocycles. The quantitative estimate of drug-likeness (QED) is 0.901. The molecule has 0 unspecified atom stereocenters. The Morgan fingerprint density at radius 2 is 2.43 bits per heavy atom. The second-order valence-corrected chi connectivity index (χ2v) is 6.00. The smallest absolute Gasteiger partial charge is 0.274 e. The molecule has 1 aromatic rings. The van der Waals surface area contributed by atoms with Gasteiger partial charge in [-0.1, -0.05) is 0 Å². The lowest BCUT2D eigenvalue weighted by atomic mass is 10.1. The molecule has 0 aromatic carbocycles. The van der Waals surface area contributed by atoms with Crippen molar-refractivity contribution in [3.8, 4) is 0 Å². The van der Waals surface area contributed by atoms with Crippen LogP contribution in [0.5, 0.6) is 0 Å². The van der Waals surface area contributed by atoms with E-state index >= 15 is 0 Å². The van der Waals surface area contributed by atoms with E-state index in [0.29, 0.717) is 18.3 Å². The Balaban J connectivity index is 1.60. The average molecular weight is 292 g/mol. The zero-order valence-corrected chi connectivity index (χ0v) is 12.6. The molecule has 3 rings (SSSR count). The van der Waals surface area contributed by atoms with Crippen LogP contribution < -0.4 is 5.32 Å². The number of carbonyl (C=O) groups excluding carboxylic acids is 1. The molecule has 3 heterocycles. The van der Waals surface area contributed by atoms with E-state index in [9.17, 15) is 4.79 Å². The number of nitrogens with one attached hydrogen (secondary N) is 1. The zero-order valence-electron chi connectivity index (χ0n) is 12.6. The zero-order chi connectivity index (χ0) is 14.7. The summed E-state index contributed by atoms with van der Waals surface area (Å²) in [6.07, 6.45) is 6.52. The standard InChI is InChI=1S/C15H24N4O2/c1-18(11-13-5-3-9-21-13)15(20)14-6-8-19(17-14)12-4-2-7-16-10-12/h6,8,12-13,16H,2-5,7,9-11H2,1H3/t12-,13-/m0/s1. The lowest BCUT2D eigenvalue weighted by molar-refractivity contribution is 0.0581. The topological polar surface area (TPSA) is 59.4 Å². The van der Waals surface area contributed by atoms with Gasteiger partial charge in [-0.3, -0.25) is 9.48 Å². The molecule has 21 heavy (non-hydrogen) atoms. The predicted molar refractivity (Wildman–Crippen MR) is 79.3 cm³/mol. The van der Waals surface area contributed by atoms with Crippen molar-refractivity contribution in [3.63, 3.8) is 0 Å². The highest BCUT2D eigenvalue weighted by Crippen LogP contribution is 2.17. The summed E-state index contributed by atoms with van der Waals surface area (Å²) in [5.74, 6) is -0.0204. The van der Waals surface area contributed by atoms with Crippen LogP contribution in [0.3, 0.4) is 0 Å². The van der Waals surface area contributed by atoms with Crippen molar-refractivity contribution in [2.45, 2.75) is 37.8 Å². The summed E-state index contributed by atoms with van der Waals surface area (Å²) in [5, 5.41) is 7.84. The van der Waals surface area contributed by atoms with Crippen LogP contribution in [0, 0.1) is 0 Å². The minimum atomic E-state index is -0.0204. The Labute approximate surface area is 125 Å². The first-order valence-corrected chi connectivity index (χ1v) is 7.87. The van der Waals surface area contributed by atoms with Crippen molar-refractivity contribution >= 4 is 5.91 Å². The molecule has 0 radical (unpaired) electrons. The monoisotopic (exact) mass is 292 g/mol. The summed E-state index contributed by atoms with van der Waals surface area (Å²) in [6.45, 7) is 3.47. The minimum Gasteiger partial charge on any atom is -0.376 e. The molecule has 2 aliphatic rings. The van der Waals surface area contributed by atoms with Crippen LogP contribution in [0.25, 0.3) is 0 Å². The number of hydrogen-bond donors (Lipinski definition) is 1. The highest BCUT2D eigenvalue weighted by molar-refractivity contribution is 5.92. The number of ether oxygens (including phenoxy) is 1. The van der Waals surface area contributed by atoms with Crippen molar-refractivity contribution in [3.05, 3.63) is 18.0 Å². The van der Waals surface area contributed by atoms with Gasteiger partial charge in [0.05, 0.1) is 12.1 Å². The molecule has 2 saturated heterocycles. The Bertz CT molecular complexity index is 476. The van der Waals surface area contributed by atoms with Gasteiger partial charge in [-0.25, -0.2) is 0 Å². The van der Waals surface area contributed by atoms with Crippen LogP contribution in [0.15, 0.2) is 12.3 Å². The molecule has 1 N–H and O–H groups in total. The average Bonchev–Trinajstić information content (AvgIpc) is 3.18. The molecule has 1 amide bonds. The molecular formula is C15H24N4O2. The summed E-state index contributed by atoms with van der Waals surface area (Å²) >= 11 is 0. The molecule has 0 aliphatic carbocycles. The highest BCUT2D eigenvalue weighted by atomic mass is 16.5. The number of hydrogen-bond acceptors (Lipinski definition) is 4. The Morgan fingerprint density at radius 1 is 1.52 bits per heavy atom. The van der Waals surface area contributed by atoms with Crippen LogP contribution in [0.1, 0.15) is 42.2 Å². The first-order chi connectivity index (χ1) is 10.2. The van der Waals surface area contributed by atoms with Crippen LogP contribution in [0.2, 0.25) is 0 Å². The molecular weight excluding hydrogens is 268 g/mol.